The van der Waals surface area contributed by atoms with Gasteiger partial charge in [-0.3, -0.25) is 15.2 Å². The standard InChI is InChI=1S/C20H16F3N7O2S/c1-19(2,29-8-3-4-11-13(5-8)26-17(32)25-11)16(31)28-18-27-14-10(20(21,22)23)6-12-9(7-24-30-12)15(14)33-18/h3-7,29H,1-2H3,(H,24,30)(H2,25,26,32)(H,27,28,31). The van der Waals surface area contributed by atoms with Crippen LogP contribution >= 0.6 is 11.3 Å². The van der Waals surface area contributed by atoms with E-state index in [2.05, 4.69) is 35.8 Å². The fourth-order valence-corrected chi connectivity index (χ4v) is 4.53. The molecule has 0 aliphatic rings. The van der Waals surface area contributed by atoms with Gasteiger partial charge in [0.2, 0.25) is 0 Å². The van der Waals surface area contributed by atoms with Gasteiger partial charge in [0.15, 0.2) is 5.13 Å². The molecule has 3 heterocycles. The van der Waals surface area contributed by atoms with Crippen molar-refractivity contribution < 1.29 is 18.0 Å². The summed E-state index contributed by atoms with van der Waals surface area (Å²) in [5, 5.41) is 12.6. The van der Waals surface area contributed by atoms with E-state index in [0.717, 1.165) is 17.4 Å². The Bertz CT molecular complexity index is 1590. The lowest BCUT2D eigenvalue weighted by Crippen LogP contribution is -2.44. The first-order valence-corrected chi connectivity index (χ1v) is 10.5. The maximum atomic E-state index is 13.6. The molecule has 13 heteroatoms. The van der Waals surface area contributed by atoms with E-state index < -0.39 is 23.2 Å². The summed E-state index contributed by atoms with van der Waals surface area (Å²) < 4.78 is 41.0. The summed E-state index contributed by atoms with van der Waals surface area (Å²) in [5.74, 6) is -0.499. The number of benzene rings is 2. The minimum atomic E-state index is -4.62. The molecule has 0 bridgehead atoms. The molecule has 0 aliphatic carbocycles. The fourth-order valence-electron chi connectivity index (χ4n) is 3.54. The van der Waals surface area contributed by atoms with Crippen molar-refractivity contribution in [2.45, 2.75) is 25.6 Å². The zero-order chi connectivity index (χ0) is 23.5. The smallest absolute Gasteiger partial charge is 0.372 e. The van der Waals surface area contributed by atoms with Crippen LogP contribution in [-0.4, -0.2) is 36.6 Å². The molecule has 33 heavy (non-hydrogen) atoms. The lowest BCUT2D eigenvalue weighted by atomic mass is 10.0. The molecule has 9 nitrogen and oxygen atoms in total. The van der Waals surface area contributed by atoms with E-state index in [-0.39, 0.29) is 26.6 Å². The van der Waals surface area contributed by atoms with Gasteiger partial charge in [0.1, 0.15) is 5.54 Å². The number of nitrogens with one attached hydrogen (secondary N) is 5. The van der Waals surface area contributed by atoms with E-state index in [1.165, 1.54) is 6.20 Å². The first-order chi connectivity index (χ1) is 15.5. The molecule has 0 saturated heterocycles. The zero-order valence-electron chi connectivity index (χ0n) is 17.1. The van der Waals surface area contributed by atoms with E-state index in [0.29, 0.717) is 22.1 Å². The maximum Gasteiger partial charge on any atom is 0.418 e. The summed E-state index contributed by atoms with van der Waals surface area (Å²) in [6.45, 7) is 3.24. The average Bonchev–Trinajstić information content (AvgIpc) is 3.42. The van der Waals surface area contributed by atoms with E-state index in [1.54, 1.807) is 32.0 Å². The maximum absolute atomic E-state index is 13.6. The minimum absolute atomic E-state index is 0.0366. The Morgan fingerprint density at radius 1 is 1.09 bits per heavy atom. The number of anilines is 2. The van der Waals surface area contributed by atoms with Crippen LogP contribution < -0.4 is 16.3 Å². The van der Waals surface area contributed by atoms with Gasteiger partial charge in [-0.2, -0.15) is 18.3 Å². The topological polar surface area (TPSA) is 131 Å². The Hall–Kier alpha value is -3.87. The molecule has 5 rings (SSSR count). The number of H-pyrrole nitrogens is 3. The average molecular weight is 475 g/mol. The Morgan fingerprint density at radius 2 is 1.85 bits per heavy atom. The number of alkyl halides is 3. The lowest BCUT2D eigenvalue weighted by molar-refractivity contribution is -0.136. The number of aromatic nitrogens is 5. The number of fused-ring (bicyclic) bond motifs is 4. The minimum Gasteiger partial charge on any atom is -0.372 e. The monoisotopic (exact) mass is 475 g/mol. The number of halogens is 3. The number of carbonyl (C=O) groups excluding carboxylic acids is 1. The lowest BCUT2D eigenvalue weighted by Gasteiger charge is -2.25. The number of aromatic amines is 3. The largest absolute Gasteiger partial charge is 0.418 e. The number of carbonyl (C=O) groups is 1. The van der Waals surface area contributed by atoms with Crippen LogP contribution in [0.25, 0.3) is 32.2 Å². The molecule has 0 spiro atoms. The number of imidazole rings is 1. The number of nitrogens with zero attached hydrogens (tertiary/aromatic N) is 2. The van der Waals surface area contributed by atoms with Gasteiger partial charge < -0.3 is 15.3 Å². The highest BCUT2D eigenvalue weighted by molar-refractivity contribution is 7.23. The quantitative estimate of drug-likeness (QED) is 0.266. The van der Waals surface area contributed by atoms with Crippen molar-refractivity contribution in [1.82, 2.24) is 25.1 Å². The summed E-state index contributed by atoms with van der Waals surface area (Å²) in [7, 11) is 0. The molecule has 3 aromatic heterocycles. The third kappa shape index (κ3) is 3.69. The van der Waals surface area contributed by atoms with E-state index >= 15 is 0 Å². The van der Waals surface area contributed by atoms with Gasteiger partial charge in [-0.25, -0.2) is 9.78 Å². The van der Waals surface area contributed by atoms with Gasteiger partial charge >= 0.3 is 11.9 Å². The fraction of sp³-hybridized carbons (Fsp3) is 0.200. The predicted molar refractivity (Wildman–Crippen MR) is 120 cm³/mol. The molecule has 0 saturated carbocycles. The van der Waals surface area contributed by atoms with Gasteiger partial charge in [-0.1, -0.05) is 11.3 Å². The second-order valence-corrected chi connectivity index (χ2v) is 8.99. The summed E-state index contributed by atoms with van der Waals surface area (Å²) in [6, 6.07) is 6.02. The SMILES string of the molecule is CC(C)(Nc1ccc2[nH]c(=O)[nH]c2c1)C(=O)Nc1nc2c(C(F)(F)F)cc3[nH]ncc3c2s1. The summed E-state index contributed by atoms with van der Waals surface area (Å²) in [5.41, 5.74) is -0.663. The third-order valence-corrected chi connectivity index (χ3v) is 6.15. The van der Waals surface area contributed by atoms with E-state index in [9.17, 15) is 22.8 Å². The highest BCUT2D eigenvalue weighted by Gasteiger charge is 2.36. The van der Waals surface area contributed by atoms with Crippen molar-refractivity contribution >= 4 is 60.2 Å². The van der Waals surface area contributed by atoms with Crippen LogP contribution in [0, 0.1) is 0 Å². The van der Waals surface area contributed by atoms with Crippen molar-refractivity contribution in [3.63, 3.8) is 0 Å². The molecule has 170 valence electrons. The van der Waals surface area contributed by atoms with E-state index in [1.807, 2.05) is 0 Å². The summed E-state index contributed by atoms with van der Waals surface area (Å²) >= 11 is 0.942. The number of thiazole rings is 1. The molecule has 0 unspecified atom stereocenters. The van der Waals surface area contributed by atoms with Crippen molar-refractivity contribution in [1.29, 1.82) is 0 Å². The van der Waals surface area contributed by atoms with Gasteiger partial charge in [0, 0.05) is 11.1 Å². The highest BCUT2D eigenvalue weighted by Crippen LogP contribution is 2.41. The molecule has 2 aromatic carbocycles. The van der Waals surface area contributed by atoms with Crippen molar-refractivity contribution in [2.24, 2.45) is 0 Å². The van der Waals surface area contributed by atoms with Crippen LogP contribution in [0.3, 0.4) is 0 Å². The van der Waals surface area contributed by atoms with Gasteiger partial charge in [0.25, 0.3) is 5.91 Å². The van der Waals surface area contributed by atoms with Crippen molar-refractivity contribution in [3.05, 3.63) is 46.5 Å². The molecular formula is C20H16F3N7O2S. The third-order valence-electron chi connectivity index (χ3n) is 5.15. The zero-order valence-corrected chi connectivity index (χ0v) is 18.0. The summed E-state index contributed by atoms with van der Waals surface area (Å²) in [4.78, 5) is 33.7. The van der Waals surface area contributed by atoms with Gasteiger partial charge in [-0.05, 0) is 38.1 Å². The van der Waals surface area contributed by atoms with Crippen LogP contribution in [0.1, 0.15) is 19.4 Å². The molecule has 0 atom stereocenters. The number of hydrogen-bond donors (Lipinski definition) is 5. The Balaban J connectivity index is 1.45. The van der Waals surface area contributed by atoms with Crippen molar-refractivity contribution in [3.8, 4) is 0 Å². The number of rotatable bonds is 4. The number of amides is 1. The van der Waals surface area contributed by atoms with Crippen LogP contribution in [0.4, 0.5) is 24.0 Å². The second kappa shape index (κ2) is 7.07. The van der Waals surface area contributed by atoms with Crippen LogP contribution in [0.15, 0.2) is 35.3 Å². The molecule has 0 radical (unpaired) electrons. The molecule has 5 N–H and O–H groups in total. The Labute approximate surface area is 186 Å². The number of hydrogen-bond acceptors (Lipinski definition) is 6. The normalized spacial score (nSPS) is 12.6. The van der Waals surface area contributed by atoms with Gasteiger partial charge in [0.05, 0.1) is 38.5 Å². The first kappa shape index (κ1) is 21.0. The van der Waals surface area contributed by atoms with Crippen LogP contribution in [0.5, 0.6) is 0 Å². The van der Waals surface area contributed by atoms with Crippen LogP contribution in [0.2, 0.25) is 0 Å². The molecule has 0 fully saturated rings. The first-order valence-electron chi connectivity index (χ1n) is 9.67. The van der Waals surface area contributed by atoms with Crippen LogP contribution in [-0.2, 0) is 11.0 Å². The Kier molecular flexibility index (Phi) is 4.50. The van der Waals surface area contributed by atoms with Gasteiger partial charge in [-0.15, -0.1) is 0 Å². The molecule has 1 amide bonds. The van der Waals surface area contributed by atoms with E-state index in [4.69, 9.17) is 0 Å². The second-order valence-electron chi connectivity index (χ2n) is 7.99. The predicted octanol–water partition coefficient (Wildman–Crippen LogP) is 4.19. The van der Waals surface area contributed by atoms with Crippen molar-refractivity contribution in [2.75, 3.05) is 10.6 Å². The molecule has 5 aromatic rings. The summed E-state index contributed by atoms with van der Waals surface area (Å²) in [6.07, 6.45) is -3.19. The highest BCUT2D eigenvalue weighted by atomic mass is 32.1. The Morgan fingerprint density at radius 3 is 2.61 bits per heavy atom. The molecular weight excluding hydrogens is 459 g/mol. The molecule has 0 aliphatic heterocycles.